The number of phenols is 1. The molecule has 0 radical (unpaired) electrons. The molecule has 0 atom stereocenters. The normalized spacial score (nSPS) is 10.1. The van der Waals surface area contributed by atoms with Crippen LogP contribution in [0, 0.1) is 0 Å². The van der Waals surface area contributed by atoms with E-state index in [1.54, 1.807) is 12.1 Å². The molecule has 14 heavy (non-hydrogen) atoms. The average molecular weight is 259 g/mol. The lowest BCUT2D eigenvalue weighted by Crippen LogP contribution is -1.97. The maximum atomic E-state index is 10.3. The van der Waals surface area contributed by atoms with E-state index in [1.165, 1.54) is 0 Å². The van der Waals surface area contributed by atoms with Crippen LogP contribution in [-0.2, 0) is 16.5 Å². The van der Waals surface area contributed by atoms with Crippen molar-refractivity contribution in [1.82, 2.24) is 0 Å². The molecule has 4 heteroatoms. The van der Waals surface area contributed by atoms with Crippen molar-refractivity contribution in [3.05, 3.63) is 29.3 Å². The SMILES string of the molecule is O=C(O)CCc1ccc(O)c(CBr)c1. The second-order valence-corrected chi connectivity index (χ2v) is 3.55. The first-order valence-electron chi connectivity index (χ1n) is 4.22. The molecular formula is C10H11BrO3. The first-order valence-corrected chi connectivity index (χ1v) is 5.34. The van der Waals surface area contributed by atoms with Gasteiger partial charge in [0.2, 0.25) is 0 Å². The molecule has 0 spiro atoms. The van der Waals surface area contributed by atoms with Crippen molar-refractivity contribution in [3.63, 3.8) is 0 Å². The molecule has 0 heterocycles. The molecule has 0 aliphatic rings. The number of alkyl halides is 1. The van der Waals surface area contributed by atoms with E-state index in [9.17, 15) is 9.90 Å². The van der Waals surface area contributed by atoms with Gasteiger partial charge in [0.05, 0.1) is 0 Å². The first-order chi connectivity index (χ1) is 6.63. The Labute approximate surface area is 90.5 Å². The van der Waals surface area contributed by atoms with E-state index in [0.717, 1.165) is 11.1 Å². The zero-order valence-corrected chi connectivity index (χ0v) is 9.12. The zero-order valence-electron chi connectivity index (χ0n) is 7.53. The third-order valence-electron chi connectivity index (χ3n) is 1.92. The van der Waals surface area contributed by atoms with Crippen LogP contribution in [0.3, 0.4) is 0 Å². The Bertz CT molecular complexity index is 336. The highest BCUT2D eigenvalue weighted by Crippen LogP contribution is 2.21. The van der Waals surface area contributed by atoms with Crippen LogP contribution in [0.4, 0.5) is 0 Å². The number of aryl methyl sites for hydroxylation is 1. The predicted octanol–water partition coefficient (Wildman–Crippen LogP) is 2.30. The maximum absolute atomic E-state index is 10.3. The smallest absolute Gasteiger partial charge is 0.303 e. The summed E-state index contributed by atoms with van der Waals surface area (Å²) >= 11 is 3.25. The molecule has 0 amide bonds. The van der Waals surface area contributed by atoms with Crippen LogP contribution in [0.1, 0.15) is 17.5 Å². The lowest BCUT2D eigenvalue weighted by molar-refractivity contribution is -0.136. The molecule has 0 saturated carbocycles. The van der Waals surface area contributed by atoms with Crippen molar-refractivity contribution in [2.45, 2.75) is 18.2 Å². The first kappa shape index (κ1) is 11.0. The van der Waals surface area contributed by atoms with Gasteiger partial charge in [-0.3, -0.25) is 4.79 Å². The van der Waals surface area contributed by atoms with Crippen LogP contribution in [0.25, 0.3) is 0 Å². The fourth-order valence-electron chi connectivity index (χ4n) is 1.15. The number of carboxylic acid groups (broad SMARTS) is 1. The Morgan fingerprint density at radius 3 is 2.71 bits per heavy atom. The van der Waals surface area contributed by atoms with Gasteiger partial charge < -0.3 is 10.2 Å². The average Bonchev–Trinajstić information content (AvgIpc) is 2.16. The molecule has 2 N–H and O–H groups in total. The van der Waals surface area contributed by atoms with E-state index < -0.39 is 5.97 Å². The number of aromatic hydroxyl groups is 1. The molecule has 1 aromatic carbocycles. The Balaban J connectivity index is 2.74. The molecule has 0 fully saturated rings. The van der Waals surface area contributed by atoms with Gasteiger partial charge in [0, 0.05) is 17.3 Å². The topological polar surface area (TPSA) is 57.5 Å². The molecule has 1 aromatic rings. The number of hydrogen-bond acceptors (Lipinski definition) is 2. The number of halogens is 1. The van der Waals surface area contributed by atoms with Gasteiger partial charge in [0.1, 0.15) is 5.75 Å². The van der Waals surface area contributed by atoms with Crippen LogP contribution < -0.4 is 0 Å². The van der Waals surface area contributed by atoms with E-state index in [1.807, 2.05) is 6.07 Å². The number of aliphatic carboxylic acids is 1. The van der Waals surface area contributed by atoms with Crippen molar-refractivity contribution < 1.29 is 15.0 Å². The Morgan fingerprint density at radius 2 is 2.14 bits per heavy atom. The maximum Gasteiger partial charge on any atom is 0.303 e. The highest BCUT2D eigenvalue weighted by atomic mass is 79.9. The summed E-state index contributed by atoms with van der Waals surface area (Å²) in [5.74, 6) is -0.570. The quantitative estimate of drug-likeness (QED) is 0.815. The molecular weight excluding hydrogens is 248 g/mol. The fourth-order valence-corrected chi connectivity index (χ4v) is 1.60. The number of hydrogen-bond donors (Lipinski definition) is 2. The molecule has 1 rings (SSSR count). The molecule has 3 nitrogen and oxygen atoms in total. The van der Waals surface area contributed by atoms with Crippen LogP contribution in [0.15, 0.2) is 18.2 Å². The van der Waals surface area contributed by atoms with Crippen molar-refractivity contribution in [3.8, 4) is 5.75 Å². The van der Waals surface area contributed by atoms with Crippen molar-refractivity contribution >= 4 is 21.9 Å². The van der Waals surface area contributed by atoms with Gasteiger partial charge in [-0.1, -0.05) is 28.1 Å². The van der Waals surface area contributed by atoms with E-state index in [-0.39, 0.29) is 12.2 Å². The number of phenolic OH excluding ortho intramolecular Hbond substituents is 1. The summed E-state index contributed by atoms with van der Waals surface area (Å²) in [5, 5.41) is 18.4. The van der Waals surface area contributed by atoms with Gasteiger partial charge in [0.15, 0.2) is 0 Å². The Kier molecular flexibility index (Phi) is 3.95. The van der Waals surface area contributed by atoms with E-state index >= 15 is 0 Å². The molecule has 76 valence electrons. The third kappa shape index (κ3) is 3.03. The minimum absolute atomic E-state index is 0.118. The van der Waals surface area contributed by atoms with E-state index in [0.29, 0.717) is 11.8 Å². The van der Waals surface area contributed by atoms with Crippen molar-refractivity contribution in [1.29, 1.82) is 0 Å². The molecule has 0 saturated heterocycles. The molecule has 0 bridgehead atoms. The summed E-state index contributed by atoms with van der Waals surface area (Å²) in [6.07, 6.45) is 0.613. The van der Waals surface area contributed by atoms with Gasteiger partial charge in [-0.15, -0.1) is 0 Å². The predicted molar refractivity (Wildman–Crippen MR) is 56.7 cm³/mol. The Morgan fingerprint density at radius 1 is 1.43 bits per heavy atom. The molecule has 0 aliphatic carbocycles. The number of carbonyl (C=O) groups is 1. The largest absolute Gasteiger partial charge is 0.508 e. The van der Waals surface area contributed by atoms with Crippen LogP contribution >= 0.6 is 15.9 Å². The zero-order chi connectivity index (χ0) is 10.6. The van der Waals surface area contributed by atoms with Crippen LogP contribution in [0.2, 0.25) is 0 Å². The third-order valence-corrected chi connectivity index (χ3v) is 2.52. The molecule has 0 unspecified atom stereocenters. The highest BCUT2D eigenvalue weighted by Gasteiger charge is 2.03. The summed E-state index contributed by atoms with van der Waals surface area (Å²) in [6.45, 7) is 0. The van der Waals surface area contributed by atoms with Gasteiger partial charge in [-0.25, -0.2) is 0 Å². The number of rotatable bonds is 4. The molecule has 0 aliphatic heterocycles. The van der Waals surface area contributed by atoms with Gasteiger partial charge in [-0.05, 0) is 18.1 Å². The summed E-state index contributed by atoms with van der Waals surface area (Å²) in [5.41, 5.74) is 1.72. The van der Waals surface area contributed by atoms with Crippen LogP contribution in [-0.4, -0.2) is 16.2 Å². The van der Waals surface area contributed by atoms with Crippen molar-refractivity contribution in [2.24, 2.45) is 0 Å². The molecule has 0 aromatic heterocycles. The lowest BCUT2D eigenvalue weighted by atomic mass is 10.1. The van der Waals surface area contributed by atoms with Crippen molar-refractivity contribution in [2.75, 3.05) is 0 Å². The van der Waals surface area contributed by atoms with E-state index in [4.69, 9.17) is 5.11 Å². The highest BCUT2D eigenvalue weighted by molar-refractivity contribution is 9.08. The monoisotopic (exact) mass is 258 g/mol. The summed E-state index contributed by atoms with van der Waals surface area (Å²) in [6, 6.07) is 5.14. The minimum atomic E-state index is -0.807. The lowest BCUT2D eigenvalue weighted by Gasteiger charge is -2.04. The van der Waals surface area contributed by atoms with Gasteiger partial charge in [0.25, 0.3) is 0 Å². The number of benzene rings is 1. The summed E-state index contributed by atoms with van der Waals surface area (Å²) < 4.78 is 0. The van der Waals surface area contributed by atoms with E-state index in [2.05, 4.69) is 15.9 Å². The second kappa shape index (κ2) is 5.00. The van der Waals surface area contributed by atoms with Crippen LogP contribution in [0.5, 0.6) is 5.75 Å². The summed E-state index contributed by atoms with van der Waals surface area (Å²) in [7, 11) is 0. The van der Waals surface area contributed by atoms with Gasteiger partial charge >= 0.3 is 5.97 Å². The summed E-state index contributed by atoms with van der Waals surface area (Å²) in [4.78, 5) is 10.3. The number of carboxylic acids is 1. The van der Waals surface area contributed by atoms with Gasteiger partial charge in [-0.2, -0.15) is 0 Å². The standard InChI is InChI=1S/C10H11BrO3/c11-6-8-5-7(1-3-9(8)12)2-4-10(13)14/h1,3,5,12H,2,4,6H2,(H,13,14). The fraction of sp³-hybridized carbons (Fsp3) is 0.300. The second-order valence-electron chi connectivity index (χ2n) is 2.99. The Hall–Kier alpha value is -1.03. The minimum Gasteiger partial charge on any atom is -0.508 e.